The van der Waals surface area contributed by atoms with Crippen LogP contribution in [0.2, 0.25) is 0 Å². The molecule has 47 heavy (non-hydrogen) atoms. The average Bonchev–Trinajstić information content (AvgIpc) is 3.37. The first-order chi connectivity index (χ1) is 22.7. The fraction of sp³-hybridized carbons (Fsp3) is 0.714. The Balaban J connectivity index is 1.42. The maximum Gasteiger partial charge on any atom is 0.350 e. The molecule has 2 aromatic rings. The molecule has 0 bridgehead atoms. The number of ether oxygens (including phenoxy) is 2. The van der Waals surface area contributed by atoms with Crippen molar-refractivity contribution in [3.05, 3.63) is 46.2 Å². The molecule has 1 unspecified atom stereocenters. The predicted octanol–water partition coefficient (Wildman–Crippen LogP) is 7.56. The number of nitrogen functional groups attached to an aromatic ring is 1. The molecule has 0 fully saturated rings. The Morgan fingerprint density at radius 1 is 0.851 bits per heavy atom. The van der Waals surface area contributed by atoms with Crippen molar-refractivity contribution in [1.29, 1.82) is 0 Å². The number of nitrogens with zero attached hydrogens (tertiary/aromatic N) is 4. The van der Waals surface area contributed by atoms with Crippen molar-refractivity contribution in [2.45, 2.75) is 129 Å². The second-order valence-corrected chi connectivity index (χ2v) is 14.5. The summed E-state index contributed by atoms with van der Waals surface area (Å²) in [5.74, 6) is 0.500. The fourth-order valence-electron chi connectivity index (χ4n) is 6.17. The molecule has 0 radical (unpaired) electrons. The molecule has 0 saturated heterocycles. The molecule has 1 aromatic carbocycles. The van der Waals surface area contributed by atoms with Gasteiger partial charge in [0.1, 0.15) is 18.3 Å². The van der Waals surface area contributed by atoms with Crippen LogP contribution in [0.15, 0.2) is 35.1 Å². The molecule has 1 atom stereocenters. The van der Waals surface area contributed by atoms with E-state index in [1.54, 1.807) is 0 Å². The van der Waals surface area contributed by atoms with E-state index in [2.05, 4.69) is 11.9 Å². The number of anilines is 3. The molecule has 0 spiro atoms. The monoisotopic (exact) mass is 677 g/mol. The molecule has 2 heterocycles. The Kier molecular flexibility index (Phi) is 17.9. The molecule has 0 aliphatic carbocycles. The Labute approximate surface area is 282 Å². The Morgan fingerprint density at radius 3 is 1.96 bits per heavy atom. The van der Waals surface area contributed by atoms with E-state index in [4.69, 9.17) is 25.0 Å². The molecule has 1 aromatic heterocycles. The zero-order valence-corrected chi connectivity index (χ0v) is 29.8. The Bertz CT molecular complexity index is 1260. The number of nitrogens with two attached hydrogens (primary N) is 1. The van der Waals surface area contributed by atoms with Gasteiger partial charge in [0.05, 0.1) is 13.3 Å². The molecule has 11 nitrogen and oxygen atoms in total. The van der Waals surface area contributed by atoms with E-state index in [0.717, 1.165) is 18.4 Å². The van der Waals surface area contributed by atoms with Crippen LogP contribution >= 0.6 is 7.60 Å². The fourth-order valence-corrected chi connectivity index (χ4v) is 6.53. The van der Waals surface area contributed by atoms with Gasteiger partial charge in [0.2, 0.25) is 5.95 Å². The topological polar surface area (TPSA) is 143 Å². The van der Waals surface area contributed by atoms with Crippen molar-refractivity contribution >= 4 is 25.0 Å². The zero-order valence-electron chi connectivity index (χ0n) is 28.9. The number of aromatic nitrogens is 2. The van der Waals surface area contributed by atoms with E-state index >= 15 is 0 Å². The highest BCUT2D eigenvalue weighted by molar-refractivity contribution is 7.51. The van der Waals surface area contributed by atoms with Gasteiger partial charge in [-0.3, -0.25) is 13.9 Å². The maximum atomic E-state index is 13.9. The molecule has 3 rings (SSSR count). The van der Waals surface area contributed by atoms with Crippen molar-refractivity contribution in [2.75, 3.05) is 48.3 Å². The van der Waals surface area contributed by atoms with E-state index in [1.807, 2.05) is 47.1 Å². The van der Waals surface area contributed by atoms with Crippen LogP contribution in [0.4, 0.5) is 17.5 Å². The lowest BCUT2D eigenvalue weighted by molar-refractivity contribution is 0.0129. The van der Waals surface area contributed by atoms with Crippen molar-refractivity contribution in [3.8, 4) is 0 Å². The van der Waals surface area contributed by atoms with E-state index in [-0.39, 0.29) is 18.1 Å². The maximum absolute atomic E-state index is 13.9. The third-order valence-corrected chi connectivity index (χ3v) is 9.28. The summed E-state index contributed by atoms with van der Waals surface area (Å²) in [7, 11) is -4.27. The van der Waals surface area contributed by atoms with Gasteiger partial charge in [-0.25, -0.2) is 0 Å². The van der Waals surface area contributed by atoms with Gasteiger partial charge >= 0.3 is 7.60 Å². The summed E-state index contributed by atoms with van der Waals surface area (Å²) >= 11 is 0. The van der Waals surface area contributed by atoms with Gasteiger partial charge < -0.3 is 34.8 Å². The summed E-state index contributed by atoms with van der Waals surface area (Å²) in [6, 6.07) is 9.85. The molecule has 12 heteroatoms. The highest BCUT2D eigenvalue weighted by atomic mass is 31.2. The van der Waals surface area contributed by atoms with Crippen LogP contribution < -0.4 is 21.1 Å². The largest absolute Gasteiger partial charge is 0.369 e. The van der Waals surface area contributed by atoms with E-state index in [1.165, 1.54) is 94.5 Å². The number of benzene rings is 1. The first-order valence-corrected chi connectivity index (χ1v) is 19.7. The van der Waals surface area contributed by atoms with Gasteiger partial charge in [0.25, 0.3) is 5.56 Å². The molecular formula is C35H60N5O6P. The van der Waals surface area contributed by atoms with Crippen LogP contribution in [0.1, 0.15) is 128 Å². The normalized spacial score (nSPS) is 13.8. The second-order valence-electron chi connectivity index (χ2n) is 12.9. The molecule has 0 amide bonds. The SMILES string of the molecule is CCCCCCCCCCCCCCCCCCOC(C)n1c(N)nc2c(c1=O)N(Cc1ccccc1)CN2CCOCP(=O)(O)O. The first kappa shape index (κ1) is 39.0. The molecular weight excluding hydrogens is 617 g/mol. The van der Waals surface area contributed by atoms with Crippen LogP contribution in [0, 0.1) is 0 Å². The number of unbranched alkanes of at least 4 members (excludes halogenated alkanes) is 15. The third kappa shape index (κ3) is 14.3. The summed E-state index contributed by atoms with van der Waals surface area (Å²) < 4.78 is 23.9. The highest BCUT2D eigenvalue weighted by Crippen LogP contribution is 2.35. The van der Waals surface area contributed by atoms with Gasteiger partial charge in [-0.1, -0.05) is 134 Å². The van der Waals surface area contributed by atoms with Gasteiger partial charge in [0.15, 0.2) is 5.82 Å². The summed E-state index contributed by atoms with van der Waals surface area (Å²) in [5, 5.41) is 0. The third-order valence-electron chi connectivity index (χ3n) is 8.76. The van der Waals surface area contributed by atoms with Crippen LogP contribution in [0.5, 0.6) is 0 Å². The number of hydrogen-bond acceptors (Lipinski definition) is 8. The van der Waals surface area contributed by atoms with Crippen LogP contribution in [0.3, 0.4) is 0 Å². The van der Waals surface area contributed by atoms with Crippen molar-refractivity contribution in [2.24, 2.45) is 0 Å². The molecule has 266 valence electrons. The second kappa shape index (κ2) is 21.5. The van der Waals surface area contributed by atoms with Gasteiger partial charge in [-0.05, 0) is 18.9 Å². The van der Waals surface area contributed by atoms with Gasteiger partial charge in [0, 0.05) is 19.7 Å². The predicted molar refractivity (Wildman–Crippen MR) is 191 cm³/mol. The van der Waals surface area contributed by atoms with E-state index in [0.29, 0.717) is 37.9 Å². The number of hydrogen-bond donors (Lipinski definition) is 3. The lowest BCUT2D eigenvalue weighted by Crippen LogP contribution is -2.34. The minimum absolute atomic E-state index is 0.0627. The quantitative estimate of drug-likeness (QED) is 0.0674. The average molecular weight is 678 g/mol. The van der Waals surface area contributed by atoms with Crippen molar-refractivity contribution < 1.29 is 23.8 Å². The summed E-state index contributed by atoms with van der Waals surface area (Å²) in [4.78, 5) is 40.5. The summed E-state index contributed by atoms with van der Waals surface area (Å²) in [6.45, 7) is 5.84. The summed E-state index contributed by atoms with van der Waals surface area (Å²) in [6.07, 6.45) is 19.7. The van der Waals surface area contributed by atoms with Gasteiger partial charge in [-0.15, -0.1) is 0 Å². The Hall–Kier alpha value is -2.43. The highest BCUT2D eigenvalue weighted by Gasteiger charge is 2.33. The lowest BCUT2D eigenvalue weighted by Gasteiger charge is -2.21. The molecule has 4 N–H and O–H groups in total. The van der Waals surface area contributed by atoms with E-state index in [9.17, 15) is 9.36 Å². The van der Waals surface area contributed by atoms with Crippen LogP contribution in [-0.4, -0.2) is 52.1 Å². The minimum atomic E-state index is -4.27. The van der Waals surface area contributed by atoms with Crippen LogP contribution in [0.25, 0.3) is 0 Å². The number of rotatable bonds is 26. The minimum Gasteiger partial charge on any atom is -0.369 e. The first-order valence-electron chi connectivity index (χ1n) is 17.9. The smallest absolute Gasteiger partial charge is 0.350 e. The molecule has 0 saturated carbocycles. The van der Waals surface area contributed by atoms with Crippen molar-refractivity contribution in [3.63, 3.8) is 0 Å². The molecule has 1 aliphatic rings. The van der Waals surface area contributed by atoms with Gasteiger partial charge in [-0.2, -0.15) is 4.98 Å². The Morgan fingerprint density at radius 2 is 1.40 bits per heavy atom. The zero-order chi connectivity index (χ0) is 33.9. The van der Waals surface area contributed by atoms with E-state index < -0.39 is 20.2 Å². The number of fused-ring (bicyclic) bond motifs is 1. The molecule has 1 aliphatic heterocycles. The lowest BCUT2D eigenvalue weighted by atomic mass is 10.0. The summed E-state index contributed by atoms with van der Waals surface area (Å²) in [5.41, 5.74) is 7.51. The standard InChI is InChI=1S/C35H60N5O6P/c1-3-4-5-6-7-8-9-10-11-12-13-14-15-16-17-21-25-46-30(2)40-34(41)32-33(37-35(40)36)38(24-26-45-29-47(42,43)44)28-39(32)27-31-22-19-18-20-23-31/h18-20,22-23,30H,3-17,21,24-29H2,1-2H3,(H2,36,37)(H2,42,43,44). The van der Waals surface area contributed by atoms with Crippen molar-refractivity contribution in [1.82, 2.24) is 9.55 Å². The van der Waals surface area contributed by atoms with Crippen LogP contribution in [-0.2, 0) is 20.6 Å².